The molecule has 0 aromatic heterocycles. The van der Waals surface area contributed by atoms with Gasteiger partial charge in [0, 0.05) is 12.6 Å². The lowest BCUT2D eigenvalue weighted by Crippen LogP contribution is -2.49. The summed E-state index contributed by atoms with van der Waals surface area (Å²) in [6.07, 6.45) is 1.71. The zero-order valence-corrected chi connectivity index (χ0v) is 8.60. The molecule has 0 saturated heterocycles. The van der Waals surface area contributed by atoms with E-state index in [4.69, 9.17) is 10.4 Å². The maximum Gasteiger partial charge on any atom is 0.308 e. The van der Waals surface area contributed by atoms with Gasteiger partial charge in [-0.05, 0) is 26.8 Å². The number of hydrogen-bond donors (Lipinski definition) is 1. The Morgan fingerprint density at radius 3 is 2.71 bits per heavy atom. The summed E-state index contributed by atoms with van der Waals surface area (Å²) in [4.78, 5) is 12.8. The van der Waals surface area contributed by atoms with Crippen molar-refractivity contribution in [3.05, 3.63) is 0 Å². The average Bonchev–Trinajstić information content (AvgIpc) is 2.00. The van der Waals surface area contributed by atoms with Crippen molar-refractivity contribution in [3.8, 4) is 6.07 Å². The highest BCUT2D eigenvalue weighted by molar-refractivity contribution is 5.72. The van der Waals surface area contributed by atoms with Crippen LogP contribution >= 0.6 is 0 Å². The molecule has 0 aromatic rings. The largest absolute Gasteiger partial charge is 0.481 e. The molecule has 0 heterocycles. The summed E-state index contributed by atoms with van der Waals surface area (Å²) in [6.45, 7) is 2.51. The van der Waals surface area contributed by atoms with Gasteiger partial charge >= 0.3 is 5.97 Å². The minimum Gasteiger partial charge on any atom is -0.481 e. The molecule has 1 saturated carbocycles. The highest BCUT2D eigenvalue weighted by Gasteiger charge is 2.39. The van der Waals surface area contributed by atoms with E-state index in [1.807, 2.05) is 18.9 Å². The molecule has 14 heavy (non-hydrogen) atoms. The Kier molecular flexibility index (Phi) is 3.48. The fourth-order valence-corrected chi connectivity index (χ4v) is 1.91. The molecule has 1 aliphatic carbocycles. The fourth-order valence-electron chi connectivity index (χ4n) is 1.91. The lowest BCUT2D eigenvalue weighted by Gasteiger charge is -2.40. The number of carbonyl (C=O) groups is 1. The fraction of sp³-hybridized carbons (Fsp3) is 0.800. The maximum atomic E-state index is 10.8. The summed E-state index contributed by atoms with van der Waals surface area (Å²) >= 11 is 0. The number of carboxylic acids is 1. The second-order valence-corrected chi connectivity index (χ2v) is 4.06. The molecule has 1 aliphatic rings. The van der Waals surface area contributed by atoms with Crippen LogP contribution in [0.25, 0.3) is 0 Å². The van der Waals surface area contributed by atoms with Gasteiger partial charge in [0.05, 0.1) is 17.9 Å². The van der Waals surface area contributed by atoms with E-state index >= 15 is 0 Å². The molecule has 0 bridgehead atoms. The normalized spacial score (nSPS) is 27.9. The van der Waals surface area contributed by atoms with Gasteiger partial charge in [-0.25, -0.2) is 0 Å². The average molecular weight is 196 g/mol. The maximum absolute atomic E-state index is 10.8. The SMILES string of the molecule is CC(C#N)CN(C)C1CCC1C(=O)O. The summed E-state index contributed by atoms with van der Waals surface area (Å²) in [7, 11) is 1.90. The lowest BCUT2D eigenvalue weighted by atomic mass is 9.78. The summed E-state index contributed by atoms with van der Waals surface area (Å²) in [5.74, 6) is -0.973. The third-order valence-corrected chi connectivity index (χ3v) is 2.90. The van der Waals surface area contributed by atoms with Crippen molar-refractivity contribution in [1.82, 2.24) is 4.90 Å². The second-order valence-electron chi connectivity index (χ2n) is 4.06. The van der Waals surface area contributed by atoms with Gasteiger partial charge in [-0.3, -0.25) is 4.79 Å². The summed E-state index contributed by atoms with van der Waals surface area (Å²) in [5.41, 5.74) is 0. The number of carboxylic acid groups (broad SMARTS) is 1. The third-order valence-electron chi connectivity index (χ3n) is 2.90. The zero-order chi connectivity index (χ0) is 10.7. The van der Waals surface area contributed by atoms with Crippen LogP contribution in [0.4, 0.5) is 0 Å². The Hall–Kier alpha value is -1.08. The van der Waals surface area contributed by atoms with Crippen LogP contribution in [0.3, 0.4) is 0 Å². The number of hydrogen-bond acceptors (Lipinski definition) is 3. The molecule has 3 unspecified atom stereocenters. The highest BCUT2D eigenvalue weighted by Crippen LogP contribution is 2.31. The highest BCUT2D eigenvalue weighted by atomic mass is 16.4. The van der Waals surface area contributed by atoms with E-state index in [0.717, 1.165) is 12.8 Å². The quantitative estimate of drug-likeness (QED) is 0.726. The second kappa shape index (κ2) is 4.43. The molecule has 78 valence electrons. The Bertz CT molecular complexity index is 259. The van der Waals surface area contributed by atoms with E-state index in [1.165, 1.54) is 0 Å². The van der Waals surface area contributed by atoms with Crippen LogP contribution in [-0.4, -0.2) is 35.6 Å². The van der Waals surface area contributed by atoms with Gasteiger partial charge < -0.3 is 10.0 Å². The number of aliphatic carboxylic acids is 1. The first-order chi connectivity index (χ1) is 6.56. The molecule has 0 spiro atoms. The van der Waals surface area contributed by atoms with E-state index in [1.54, 1.807) is 0 Å². The first kappa shape index (κ1) is 11.0. The minimum absolute atomic E-state index is 0.0324. The van der Waals surface area contributed by atoms with Gasteiger partial charge in [0.15, 0.2) is 0 Å². The van der Waals surface area contributed by atoms with Gasteiger partial charge in [0.2, 0.25) is 0 Å². The molecule has 0 aromatic carbocycles. The molecule has 0 amide bonds. The van der Waals surface area contributed by atoms with Crippen molar-refractivity contribution in [2.45, 2.75) is 25.8 Å². The minimum atomic E-state index is -0.710. The van der Waals surface area contributed by atoms with Crippen molar-refractivity contribution in [2.75, 3.05) is 13.6 Å². The summed E-state index contributed by atoms with van der Waals surface area (Å²) in [5, 5.41) is 17.5. The number of nitrogens with zero attached hydrogens (tertiary/aromatic N) is 2. The predicted octanol–water partition coefficient (Wildman–Crippen LogP) is 0.941. The van der Waals surface area contributed by atoms with E-state index in [-0.39, 0.29) is 17.9 Å². The molecule has 4 heteroatoms. The van der Waals surface area contributed by atoms with Gasteiger partial charge in [-0.15, -0.1) is 0 Å². The monoisotopic (exact) mass is 196 g/mol. The van der Waals surface area contributed by atoms with Gasteiger partial charge in [0.25, 0.3) is 0 Å². The Labute approximate surface area is 84.1 Å². The van der Waals surface area contributed by atoms with Crippen molar-refractivity contribution >= 4 is 5.97 Å². The first-order valence-electron chi connectivity index (χ1n) is 4.89. The van der Waals surface area contributed by atoms with Crippen molar-refractivity contribution < 1.29 is 9.90 Å². The van der Waals surface area contributed by atoms with Crippen LogP contribution in [0, 0.1) is 23.2 Å². The molecule has 1 fully saturated rings. The Morgan fingerprint density at radius 1 is 1.71 bits per heavy atom. The Balaban J connectivity index is 2.42. The van der Waals surface area contributed by atoms with Crippen LogP contribution in [0.1, 0.15) is 19.8 Å². The van der Waals surface area contributed by atoms with E-state index in [9.17, 15) is 4.79 Å². The standard InChI is InChI=1S/C10H16N2O2/c1-7(5-11)6-12(2)9-4-3-8(9)10(13)14/h7-9H,3-4,6H2,1-2H3,(H,13,14). The smallest absolute Gasteiger partial charge is 0.308 e. The number of rotatable bonds is 4. The van der Waals surface area contributed by atoms with Gasteiger partial charge in [-0.2, -0.15) is 5.26 Å². The van der Waals surface area contributed by atoms with Crippen LogP contribution in [0.15, 0.2) is 0 Å². The van der Waals surface area contributed by atoms with Crippen molar-refractivity contribution in [3.63, 3.8) is 0 Å². The van der Waals surface area contributed by atoms with E-state index in [2.05, 4.69) is 6.07 Å². The van der Waals surface area contributed by atoms with E-state index < -0.39 is 5.97 Å². The first-order valence-corrected chi connectivity index (χ1v) is 4.89. The molecular weight excluding hydrogens is 180 g/mol. The zero-order valence-electron chi connectivity index (χ0n) is 8.60. The van der Waals surface area contributed by atoms with Crippen molar-refractivity contribution in [1.29, 1.82) is 5.26 Å². The van der Waals surface area contributed by atoms with Gasteiger partial charge in [0.1, 0.15) is 0 Å². The molecule has 3 atom stereocenters. The van der Waals surface area contributed by atoms with E-state index in [0.29, 0.717) is 6.54 Å². The third kappa shape index (κ3) is 2.24. The van der Waals surface area contributed by atoms with Crippen LogP contribution in [0.5, 0.6) is 0 Å². The molecule has 1 N–H and O–H groups in total. The van der Waals surface area contributed by atoms with Gasteiger partial charge in [-0.1, -0.05) is 0 Å². The topological polar surface area (TPSA) is 64.3 Å². The molecule has 1 rings (SSSR count). The Morgan fingerprint density at radius 2 is 2.36 bits per heavy atom. The molecular formula is C10H16N2O2. The molecule has 4 nitrogen and oxygen atoms in total. The number of nitriles is 1. The summed E-state index contributed by atoms with van der Waals surface area (Å²) in [6, 6.07) is 2.28. The predicted molar refractivity (Wildman–Crippen MR) is 51.6 cm³/mol. The van der Waals surface area contributed by atoms with Crippen LogP contribution < -0.4 is 0 Å². The molecule has 0 aliphatic heterocycles. The van der Waals surface area contributed by atoms with Crippen LogP contribution in [-0.2, 0) is 4.79 Å². The molecule has 0 radical (unpaired) electrons. The lowest BCUT2D eigenvalue weighted by molar-refractivity contribution is -0.148. The van der Waals surface area contributed by atoms with Crippen molar-refractivity contribution in [2.24, 2.45) is 11.8 Å². The van der Waals surface area contributed by atoms with Crippen LogP contribution in [0.2, 0.25) is 0 Å². The summed E-state index contributed by atoms with van der Waals surface area (Å²) < 4.78 is 0.